The van der Waals surface area contributed by atoms with Gasteiger partial charge in [-0.3, -0.25) is 14.7 Å². The van der Waals surface area contributed by atoms with Gasteiger partial charge in [0.05, 0.1) is 32.8 Å². The summed E-state index contributed by atoms with van der Waals surface area (Å²) in [5, 5.41) is 15.6. The van der Waals surface area contributed by atoms with Crippen molar-refractivity contribution in [2.24, 2.45) is 0 Å². The molecule has 4 rings (SSSR count). The highest BCUT2D eigenvalue weighted by atomic mass is 35.5. The van der Waals surface area contributed by atoms with Gasteiger partial charge in [-0.05, 0) is 18.2 Å². The zero-order chi connectivity index (χ0) is 18.4. The first-order valence-electron chi connectivity index (χ1n) is 7.56. The maximum Gasteiger partial charge on any atom is 0.354 e. The molecular weight excluding hydrogens is 360 g/mol. The number of furan rings is 1. The number of non-ortho nitro benzene ring substituents is 1. The Labute approximate surface area is 150 Å². The second-order valence-corrected chi connectivity index (χ2v) is 5.93. The van der Waals surface area contributed by atoms with Gasteiger partial charge in [0.25, 0.3) is 5.69 Å². The monoisotopic (exact) mass is 370 g/mol. The molecule has 1 N–H and O–H groups in total. The molecule has 0 amide bonds. The van der Waals surface area contributed by atoms with Crippen molar-refractivity contribution in [1.29, 1.82) is 0 Å². The van der Waals surface area contributed by atoms with E-state index >= 15 is 0 Å². The number of nitrogens with zero attached hydrogens (tertiary/aromatic N) is 3. The lowest BCUT2D eigenvalue weighted by Gasteiger charge is -2.13. The predicted molar refractivity (Wildman–Crippen MR) is 98.3 cm³/mol. The Bertz CT molecular complexity index is 1240. The smallest absolute Gasteiger partial charge is 0.354 e. The molecule has 26 heavy (non-hydrogen) atoms. The highest BCUT2D eigenvalue weighted by Gasteiger charge is 2.19. The van der Waals surface area contributed by atoms with Crippen molar-refractivity contribution in [2.45, 2.75) is 0 Å². The topological polar surface area (TPSA) is 103 Å². The Morgan fingerprint density at radius 1 is 1.31 bits per heavy atom. The van der Waals surface area contributed by atoms with Gasteiger partial charge in [-0.1, -0.05) is 17.7 Å². The van der Waals surface area contributed by atoms with Crippen LogP contribution in [-0.2, 0) is 0 Å². The average molecular weight is 371 g/mol. The lowest BCUT2D eigenvalue weighted by Crippen LogP contribution is -2.23. The van der Waals surface area contributed by atoms with E-state index in [9.17, 15) is 14.9 Å². The number of rotatable bonds is 3. The summed E-state index contributed by atoms with van der Waals surface area (Å²) in [5.74, 6) is 0.336. The number of nitro groups is 1. The van der Waals surface area contributed by atoms with Gasteiger partial charge in [0.2, 0.25) is 0 Å². The maximum absolute atomic E-state index is 12.6. The normalized spacial score (nSPS) is 11.2. The fourth-order valence-electron chi connectivity index (χ4n) is 2.96. The van der Waals surface area contributed by atoms with E-state index in [2.05, 4.69) is 10.3 Å². The molecule has 0 fully saturated rings. The van der Waals surface area contributed by atoms with Crippen LogP contribution in [0.3, 0.4) is 0 Å². The number of aromatic nitrogens is 2. The Balaban J connectivity index is 2.18. The number of fused-ring (bicyclic) bond motifs is 3. The third-order valence-corrected chi connectivity index (χ3v) is 4.39. The minimum absolute atomic E-state index is 0.134. The molecule has 9 heteroatoms. The van der Waals surface area contributed by atoms with Crippen molar-refractivity contribution >= 4 is 45.0 Å². The third-order valence-electron chi connectivity index (χ3n) is 4.08. The van der Waals surface area contributed by atoms with E-state index in [-0.39, 0.29) is 5.69 Å². The van der Waals surface area contributed by atoms with Crippen molar-refractivity contribution in [3.05, 3.63) is 68.3 Å². The first-order chi connectivity index (χ1) is 12.5. The lowest BCUT2D eigenvalue weighted by atomic mass is 10.1. The summed E-state index contributed by atoms with van der Waals surface area (Å²) < 4.78 is 6.83. The SMILES string of the molecule is CNc1nc(=O)n(-c2cccc([N+](=O)[O-])c2)c2cc(Cl)c3ccoc3c12. The molecule has 0 aliphatic carbocycles. The first kappa shape index (κ1) is 16.1. The van der Waals surface area contributed by atoms with E-state index in [1.54, 1.807) is 25.2 Å². The van der Waals surface area contributed by atoms with Crippen LogP contribution in [0.2, 0.25) is 5.02 Å². The quantitative estimate of drug-likeness (QED) is 0.435. The highest BCUT2D eigenvalue weighted by Crippen LogP contribution is 2.35. The number of nitrogens with one attached hydrogen (secondary N) is 1. The number of nitro benzene ring substituents is 1. The Morgan fingerprint density at radius 2 is 2.12 bits per heavy atom. The van der Waals surface area contributed by atoms with E-state index in [0.717, 1.165) is 0 Å². The molecule has 0 radical (unpaired) electrons. The van der Waals surface area contributed by atoms with Crippen LogP contribution in [0.15, 0.2) is 51.9 Å². The summed E-state index contributed by atoms with van der Waals surface area (Å²) in [5.41, 5.74) is 0.492. The molecule has 130 valence electrons. The molecule has 2 aromatic carbocycles. The molecule has 0 unspecified atom stereocenters. The van der Waals surface area contributed by atoms with E-state index in [1.165, 1.54) is 29.0 Å². The molecule has 4 aromatic rings. The van der Waals surface area contributed by atoms with Gasteiger partial charge in [0.1, 0.15) is 11.4 Å². The molecule has 0 saturated carbocycles. The van der Waals surface area contributed by atoms with Crippen LogP contribution in [0, 0.1) is 10.1 Å². The highest BCUT2D eigenvalue weighted by molar-refractivity contribution is 6.37. The van der Waals surface area contributed by atoms with Crippen molar-refractivity contribution in [3.8, 4) is 5.69 Å². The molecule has 8 nitrogen and oxygen atoms in total. The summed E-state index contributed by atoms with van der Waals surface area (Å²) in [6.07, 6.45) is 1.50. The standard InChI is InChI=1S/C17H11ClN4O4/c1-19-16-14-13(8-12(18)11-5-6-26-15(11)14)21(17(23)20-16)9-3-2-4-10(7-9)22(24)25/h2-8H,1H3,(H,19,20,23). The zero-order valence-corrected chi connectivity index (χ0v) is 14.1. The van der Waals surface area contributed by atoms with Gasteiger partial charge in [-0.15, -0.1) is 0 Å². The van der Waals surface area contributed by atoms with Crippen LogP contribution in [-0.4, -0.2) is 21.5 Å². The fraction of sp³-hybridized carbons (Fsp3) is 0.0588. The largest absolute Gasteiger partial charge is 0.463 e. The van der Waals surface area contributed by atoms with E-state index in [4.69, 9.17) is 16.0 Å². The van der Waals surface area contributed by atoms with Crippen LogP contribution in [0.5, 0.6) is 0 Å². The van der Waals surface area contributed by atoms with Gasteiger partial charge in [-0.25, -0.2) is 4.79 Å². The van der Waals surface area contributed by atoms with Crippen LogP contribution in [0.1, 0.15) is 0 Å². The molecule has 0 bridgehead atoms. The number of hydrogen-bond acceptors (Lipinski definition) is 6. The molecule has 0 atom stereocenters. The molecule has 0 saturated heterocycles. The summed E-state index contributed by atoms with van der Waals surface area (Å²) in [4.78, 5) is 27.3. The summed E-state index contributed by atoms with van der Waals surface area (Å²) >= 11 is 6.34. The Kier molecular flexibility index (Phi) is 3.62. The zero-order valence-electron chi connectivity index (χ0n) is 13.4. The summed E-state index contributed by atoms with van der Waals surface area (Å²) in [7, 11) is 1.64. The Morgan fingerprint density at radius 3 is 2.85 bits per heavy atom. The van der Waals surface area contributed by atoms with Crippen LogP contribution < -0.4 is 11.0 Å². The molecule has 0 aliphatic rings. The first-order valence-corrected chi connectivity index (χ1v) is 7.94. The number of halogens is 1. The van der Waals surface area contributed by atoms with Gasteiger partial charge >= 0.3 is 5.69 Å². The van der Waals surface area contributed by atoms with Crippen LogP contribution >= 0.6 is 11.6 Å². The van der Waals surface area contributed by atoms with E-state index in [1.807, 2.05) is 0 Å². The van der Waals surface area contributed by atoms with Crippen LogP contribution in [0.25, 0.3) is 27.6 Å². The molecule has 0 spiro atoms. The maximum atomic E-state index is 12.6. The Hall–Kier alpha value is -3.39. The minimum atomic E-state index is -0.593. The predicted octanol–water partition coefficient (Wildman–Crippen LogP) is 3.74. The number of hydrogen-bond donors (Lipinski definition) is 1. The van der Waals surface area contributed by atoms with Crippen molar-refractivity contribution < 1.29 is 9.34 Å². The number of benzene rings is 2. The van der Waals surface area contributed by atoms with Crippen molar-refractivity contribution in [3.63, 3.8) is 0 Å². The average Bonchev–Trinajstić information content (AvgIpc) is 3.11. The minimum Gasteiger partial charge on any atom is -0.463 e. The second-order valence-electron chi connectivity index (χ2n) is 5.52. The third kappa shape index (κ3) is 2.31. The van der Waals surface area contributed by atoms with Gasteiger partial charge in [-0.2, -0.15) is 4.98 Å². The summed E-state index contributed by atoms with van der Waals surface area (Å²) in [6.45, 7) is 0. The second kappa shape index (κ2) is 5.85. The molecular formula is C17H11ClN4O4. The lowest BCUT2D eigenvalue weighted by molar-refractivity contribution is -0.384. The van der Waals surface area contributed by atoms with Gasteiger partial charge in [0.15, 0.2) is 0 Å². The van der Waals surface area contributed by atoms with Crippen molar-refractivity contribution in [1.82, 2.24) is 9.55 Å². The van der Waals surface area contributed by atoms with Gasteiger partial charge < -0.3 is 9.73 Å². The summed E-state index contributed by atoms with van der Waals surface area (Å²) in [6, 6.07) is 9.10. The fourth-order valence-corrected chi connectivity index (χ4v) is 3.22. The molecule has 0 aliphatic heterocycles. The number of anilines is 1. The molecule has 2 aromatic heterocycles. The molecule has 2 heterocycles. The van der Waals surface area contributed by atoms with Crippen molar-refractivity contribution in [2.75, 3.05) is 12.4 Å². The van der Waals surface area contributed by atoms with E-state index < -0.39 is 10.6 Å². The van der Waals surface area contributed by atoms with E-state index in [0.29, 0.717) is 38.4 Å². The van der Waals surface area contributed by atoms with Crippen LogP contribution in [0.4, 0.5) is 11.5 Å². The van der Waals surface area contributed by atoms with Gasteiger partial charge in [0, 0.05) is 24.6 Å².